The van der Waals surface area contributed by atoms with Crippen molar-refractivity contribution in [3.63, 3.8) is 0 Å². The van der Waals surface area contributed by atoms with Crippen molar-refractivity contribution in [2.75, 3.05) is 40.1 Å². The molecule has 0 aromatic rings. The highest BCUT2D eigenvalue weighted by atomic mass is 16.5. The average molecular weight is 244 g/mol. The number of Topliss-reactive ketones (excluding diaryl/α,β-unsaturated/α-hetero) is 1. The van der Waals surface area contributed by atoms with Crippen LogP contribution in [0, 0.1) is 5.92 Å². The summed E-state index contributed by atoms with van der Waals surface area (Å²) in [6, 6.07) is 0. The van der Waals surface area contributed by atoms with Crippen molar-refractivity contribution < 1.29 is 19.0 Å². The number of ether oxygens (including phenoxy) is 3. The van der Waals surface area contributed by atoms with Gasteiger partial charge in [0.1, 0.15) is 5.78 Å². The third kappa shape index (κ3) is 6.76. The van der Waals surface area contributed by atoms with Gasteiger partial charge >= 0.3 is 0 Å². The SMILES string of the molecule is COCCCOCCOCCC1CCCC1=O. The van der Waals surface area contributed by atoms with Gasteiger partial charge in [-0.05, 0) is 25.7 Å². The van der Waals surface area contributed by atoms with Gasteiger partial charge in [0, 0.05) is 39.3 Å². The zero-order chi connectivity index (χ0) is 12.3. The lowest BCUT2D eigenvalue weighted by Crippen LogP contribution is -2.12. The fourth-order valence-corrected chi connectivity index (χ4v) is 2.05. The second-order valence-electron chi connectivity index (χ2n) is 4.42. The van der Waals surface area contributed by atoms with E-state index < -0.39 is 0 Å². The summed E-state index contributed by atoms with van der Waals surface area (Å²) in [6.45, 7) is 3.39. The molecule has 0 aliphatic heterocycles. The predicted molar refractivity (Wildman–Crippen MR) is 65.1 cm³/mol. The molecule has 4 heteroatoms. The standard InChI is InChI=1S/C13H24O4/c1-15-7-3-8-16-10-11-17-9-6-12-4-2-5-13(12)14/h12H,2-11H2,1H3. The van der Waals surface area contributed by atoms with Crippen molar-refractivity contribution in [3.8, 4) is 0 Å². The second kappa shape index (κ2) is 9.57. The quantitative estimate of drug-likeness (QED) is 0.550. The van der Waals surface area contributed by atoms with E-state index in [4.69, 9.17) is 14.2 Å². The van der Waals surface area contributed by atoms with Crippen LogP contribution in [0.25, 0.3) is 0 Å². The first-order chi connectivity index (χ1) is 8.34. The largest absolute Gasteiger partial charge is 0.385 e. The summed E-state index contributed by atoms with van der Waals surface area (Å²) in [6.07, 6.45) is 4.69. The first-order valence-electron chi connectivity index (χ1n) is 6.51. The third-order valence-corrected chi connectivity index (χ3v) is 3.05. The van der Waals surface area contributed by atoms with E-state index in [0.717, 1.165) is 45.3 Å². The fraction of sp³-hybridized carbons (Fsp3) is 0.923. The number of methoxy groups -OCH3 is 1. The number of hydrogen-bond donors (Lipinski definition) is 0. The summed E-state index contributed by atoms with van der Waals surface area (Å²) < 4.78 is 15.7. The van der Waals surface area contributed by atoms with E-state index in [0.29, 0.717) is 25.6 Å². The van der Waals surface area contributed by atoms with Gasteiger partial charge in [-0.2, -0.15) is 0 Å². The molecule has 0 radical (unpaired) electrons. The van der Waals surface area contributed by atoms with E-state index in [-0.39, 0.29) is 5.92 Å². The molecule has 0 aromatic carbocycles. The molecule has 100 valence electrons. The zero-order valence-electron chi connectivity index (χ0n) is 10.8. The highest BCUT2D eigenvalue weighted by Gasteiger charge is 2.23. The summed E-state index contributed by atoms with van der Waals surface area (Å²) in [5, 5.41) is 0. The molecule has 1 rings (SSSR count). The molecule has 0 saturated heterocycles. The van der Waals surface area contributed by atoms with Crippen LogP contribution in [0.4, 0.5) is 0 Å². The topological polar surface area (TPSA) is 44.8 Å². The van der Waals surface area contributed by atoms with Gasteiger partial charge in [0.25, 0.3) is 0 Å². The smallest absolute Gasteiger partial charge is 0.136 e. The van der Waals surface area contributed by atoms with E-state index in [9.17, 15) is 4.79 Å². The first kappa shape index (κ1) is 14.6. The number of carbonyl (C=O) groups is 1. The Labute approximate surface area is 104 Å². The van der Waals surface area contributed by atoms with Gasteiger partial charge in [-0.25, -0.2) is 0 Å². The van der Waals surface area contributed by atoms with Gasteiger partial charge in [0.05, 0.1) is 13.2 Å². The van der Waals surface area contributed by atoms with Crippen molar-refractivity contribution in [1.82, 2.24) is 0 Å². The average Bonchev–Trinajstić information content (AvgIpc) is 2.73. The van der Waals surface area contributed by atoms with Gasteiger partial charge in [0.15, 0.2) is 0 Å². The highest BCUT2D eigenvalue weighted by molar-refractivity contribution is 5.82. The molecule has 4 nitrogen and oxygen atoms in total. The molecule has 1 saturated carbocycles. The number of ketones is 1. The molecule has 17 heavy (non-hydrogen) atoms. The first-order valence-corrected chi connectivity index (χ1v) is 6.51. The van der Waals surface area contributed by atoms with Crippen LogP contribution in [0.15, 0.2) is 0 Å². The normalized spacial score (nSPS) is 20.1. The minimum absolute atomic E-state index is 0.262. The molecule has 0 heterocycles. The molecule has 1 aliphatic rings. The van der Waals surface area contributed by atoms with Gasteiger partial charge < -0.3 is 14.2 Å². The molecule has 1 fully saturated rings. The van der Waals surface area contributed by atoms with E-state index in [2.05, 4.69) is 0 Å². The van der Waals surface area contributed by atoms with Crippen molar-refractivity contribution in [2.45, 2.75) is 32.1 Å². The molecule has 0 bridgehead atoms. The molecular weight excluding hydrogens is 220 g/mol. The van der Waals surface area contributed by atoms with Crippen molar-refractivity contribution in [3.05, 3.63) is 0 Å². The Morgan fingerprint density at radius 3 is 2.53 bits per heavy atom. The summed E-state index contributed by atoms with van der Waals surface area (Å²) in [5.74, 6) is 0.682. The van der Waals surface area contributed by atoms with Crippen LogP contribution in [0.3, 0.4) is 0 Å². The molecule has 0 amide bonds. The van der Waals surface area contributed by atoms with Crippen molar-refractivity contribution >= 4 is 5.78 Å². The molecule has 0 spiro atoms. The maximum atomic E-state index is 11.3. The van der Waals surface area contributed by atoms with Crippen LogP contribution in [0.2, 0.25) is 0 Å². The van der Waals surface area contributed by atoms with E-state index in [1.165, 1.54) is 0 Å². The molecule has 1 unspecified atom stereocenters. The van der Waals surface area contributed by atoms with Gasteiger partial charge in [0.2, 0.25) is 0 Å². The van der Waals surface area contributed by atoms with Crippen LogP contribution in [0.5, 0.6) is 0 Å². The van der Waals surface area contributed by atoms with E-state index in [1.807, 2.05) is 0 Å². The van der Waals surface area contributed by atoms with Crippen LogP contribution < -0.4 is 0 Å². The molecule has 1 atom stereocenters. The fourth-order valence-electron chi connectivity index (χ4n) is 2.05. The maximum Gasteiger partial charge on any atom is 0.136 e. The van der Waals surface area contributed by atoms with Crippen LogP contribution >= 0.6 is 0 Å². The predicted octanol–water partition coefficient (Wildman–Crippen LogP) is 1.82. The van der Waals surface area contributed by atoms with Gasteiger partial charge in [-0.1, -0.05) is 0 Å². The minimum atomic E-state index is 0.262. The van der Waals surface area contributed by atoms with Crippen LogP contribution in [-0.4, -0.2) is 45.9 Å². The molecule has 0 aromatic heterocycles. The summed E-state index contributed by atoms with van der Waals surface area (Å²) in [7, 11) is 1.69. The Balaban J connectivity index is 1.80. The summed E-state index contributed by atoms with van der Waals surface area (Å²) in [5.41, 5.74) is 0. The lowest BCUT2D eigenvalue weighted by molar-refractivity contribution is -0.121. The Kier molecular flexibility index (Phi) is 8.22. The zero-order valence-corrected chi connectivity index (χ0v) is 10.8. The lowest BCUT2D eigenvalue weighted by atomic mass is 10.0. The summed E-state index contributed by atoms with van der Waals surface area (Å²) in [4.78, 5) is 11.3. The third-order valence-electron chi connectivity index (χ3n) is 3.05. The van der Waals surface area contributed by atoms with E-state index >= 15 is 0 Å². The Morgan fingerprint density at radius 2 is 1.88 bits per heavy atom. The molecular formula is C13H24O4. The van der Waals surface area contributed by atoms with Gasteiger partial charge in [-0.3, -0.25) is 4.79 Å². The Bertz CT molecular complexity index is 206. The maximum absolute atomic E-state index is 11.3. The highest BCUT2D eigenvalue weighted by Crippen LogP contribution is 2.23. The van der Waals surface area contributed by atoms with Crippen molar-refractivity contribution in [1.29, 1.82) is 0 Å². The Morgan fingerprint density at radius 1 is 1.12 bits per heavy atom. The van der Waals surface area contributed by atoms with Gasteiger partial charge in [-0.15, -0.1) is 0 Å². The monoisotopic (exact) mass is 244 g/mol. The number of carbonyl (C=O) groups excluding carboxylic acids is 1. The molecule has 0 N–H and O–H groups in total. The summed E-state index contributed by atoms with van der Waals surface area (Å²) >= 11 is 0. The van der Waals surface area contributed by atoms with Crippen molar-refractivity contribution in [2.24, 2.45) is 5.92 Å². The Hall–Kier alpha value is -0.450. The number of rotatable bonds is 10. The minimum Gasteiger partial charge on any atom is -0.385 e. The molecule has 1 aliphatic carbocycles. The second-order valence-corrected chi connectivity index (χ2v) is 4.42. The lowest BCUT2D eigenvalue weighted by Gasteiger charge is -2.08. The number of hydrogen-bond acceptors (Lipinski definition) is 4. The van der Waals surface area contributed by atoms with Crippen LogP contribution in [0.1, 0.15) is 32.1 Å². The van der Waals surface area contributed by atoms with Crippen LogP contribution in [-0.2, 0) is 19.0 Å². The van der Waals surface area contributed by atoms with E-state index in [1.54, 1.807) is 7.11 Å².